The number of aromatic carboxylic acids is 1. The van der Waals surface area contributed by atoms with E-state index in [2.05, 4.69) is 30.0 Å². The minimum atomic E-state index is -1.01. The third-order valence-corrected chi connectivity index (χ3v) is 4.54. The average molecular weight is 287 g/mol. The molecule has 0 bridgehead atoms. The Kier molecular flexibility index (Phi) is 4.19. The second-order valence-corrected chi connectivity index (χ2v) is 5.98. The minimum Gasteiger partial charge on any atom is -0.478 e. The van der Waals surface area contributed by atoms with Gasteiger partial charge in [0.25, 0.3) is 0 Å². The molecule has 0 radical (unpaired) electrons. The zero-order chi connectivity index (χ0) is 15.6. The van der Waals surface area contributed by atoms with Crippen LogP contribution < -0.4 is 4.90 Å². The summed E-state index contributed by atoms with van der Waals surface area (Å²) in [6, 6.07) is 6.83. The summed E-state index contributed by atoms with van der Waals surface area (Å²) in [5, 5.41) is 18.3. The highest BCUT2D eigenvalue weighted by atomic mass is 16.4. The number of carboxylic acids is 1. The van der Waals surface area contributed by atoms with E-state index in [1.807, 2.05) is 7.05 Å². The molecule has 1 aliphatic rings. The highest BCUT2D eigenvalue weighted by Crippen LogP contribution is 2.37. The van der Waals surface area contributed by atoms with Crippen LogP contribution in [0, 0.1) is 11.3 Å². The van der Waals surface area contributed by atoms with Gasteiger partial charge >= 0.3 is 5.97 Å². The summed E-state index contributed by atoms with van der Waals surface area (Å²) in [7, 11) is 6.14. The van der Waals surface area contributed by atoms with Crippen LogP contribution in [0.25, 0.3) is 0 Å². The molecule has 0 saturated heterocycles. The summed E-state index contributed by atoms with van der Waals surface area (Å²) in [6.45, 7) is 0.834. The Hall–Kier alpha value is -2.06. The van der Waals surface area contributed by atoms with Crippen molar-refractivity contribution in [3.05, 3.63) is 29.3 Å². The standard InChI is InChI=1S/C16H21N3O2/c1-18(2)16(7-4-8-16)11-19(3)14-6-5-12(15(20)21)9-13(14)10-17/h5-6,9H,4,7-8,11H2,1-3H3,(H,20,21). The molecule has 1 saturated carbocycles. The molecule has 5 heteroatoms. The Morgan fingerprint density at radius 1 is 1.38 bits per heavy atom. The number of carboxylic acid groups (broad SMARTS) is 1. The lowest BCUT2D eigenvalue weighted by Gasteiger charge is -2.49. The van der Waals surface area contributed by atoms with Crippen molar-refractivity contribution < 1.29 is 9.90 Å². The number of carbonyl (C=O) groups is 1. The van der Waals surface area contributed by atoms with E-state index in [4.69, 9.17) is 5.11 Å². The predicted octanol–water partition coefficient (Wildman–Crippen LogP) is 2.18. The fourth-order valence-electron chi connectivity index (χ4n) is 2.95. The number of hydrogen-bond acceptors (Lipinski definition) is 4. The van der Waals surface area contributed by atoms with Crippen LogP contribution >= 0.6 is 0 Å². The third-order valence-electron chi connectivity index (χ3n) is 4.54. The Balaban J connectivity index is 2.25. The van der Waals surface area contributed by atoms with Crippen molar-refractivity contribution in [2.24, 2.45) is 0 Å². The molecule has 1 N–H and O–H groups in total. The first-order valence-electron chi connectivity index (χ1n) is 7.06. The van der Waals surface area contributed by atoms with Crippen LogP contribution in [0.3, 0.4) is 0 Å². The minimum absolute atomic E-state index is 0.148. The van der Waals surface area contributed by atoms with E-state index in [-0.39, 0.29) is 11.1 Å². The van der Waals surface area contributed by atoms with Gasteiger partial charge in [-0.05, 0) is 51.6 Å². The maximum absolute atomic E-state index is 11.0. The number of anilines is 1. The number of hydrogen-bond donors (Lipinski definition) is 1. The number of nitriles is 1. The van der Waals surface area contributed by atoms with Crippen LogP contribution in [0.2, 0.25) is 0 Å². The van der Waals surface area contributed by atoms with Gasteiger partial charge in [0, 0.05) is 19.1 Å². The summed E-state index contributed by atoms with van der Waals surface area (Å²) in [5.41, 5.74) is 1.50. The largest absolute Gasteiger partial charge is 0.478 e. The second-order valence-electron chi connectivity index (χ2n) is 5.98. The van der Waals surface area contributed by atoms with Crippen molar-refractivity contribution in [3.63, 3.8) is 0 Å². The normalized spacial score (nSPS) is 16.1. The monoisotopic (exact) mass is 287 g/mol. The maximum Gasteiger partial charge on any atom is 0.335 e. The van der Waals surface area contributed by atoms with E-state index in [0.29, 0.717) is 5.56 Å². The number of nitrogens with zero attached hydrogens (tertiary/aromatic N) is 3. The zero-order valence-electron chi connectivity index (χ0n) is 12.8. The quantitative estimate of drug-likeness (QED) is 0.899. The molecule has 0 atom stereocenters. The molecule has 21 heavy (non-hydrogen) atoms. The molecule has 1 aromatic rings. The smallest absolute Gasteiger partial charge is 0.335 e. The molecule has 0 spiro atoms. The molecule has 1 aliphatic carbocycles. The summed E-state index contributed by atoms with van der Waals surface area (Å²) in [6.07, 6.45) is 3.54. The van der Waals surface area contributed by atoms with Crippen LogP contribution in [0.4, 0.5) is 5.69 Å². The van der Waals surface area contributed by atoms with E-state index >= 15 is 0 Å². The Morgan fingerprint density at radius 2 is 2.05 bits per heavy atom. The predicted molar refractivity (Wildman–Crippen MR) is 81.7 cm³/mol. The molecule has 112 valence electrons. The summed E-state index contributed by atoms with van der Waals surface area (Å²) >= 11 is 0. The first-order valence-corrected chi connectivity index (χ1v) is 7.06. The van der Waals surface area contributed by atoms with Gasteiger partial charge in [-0.3, -0.25) is 0 Å². The molecule has 2 rings (SSSR count). The van der Waals surface area contributed by atoms with Gasteiger partial charge in [-0.25, -0.2) is 4.79 Å². The lowest BCUT2D eigenvalue weighted by molar-refractivity contribution is 0.0682. The fraction of sp³-hybridized carbons (Fsp3) is 0.500. The molecule has 1 aromatic carbocycles. The molecule has 0 amide bonds. The molecule has 0 aliphatic heterocycles. The van der Waals surface area contributed by atoms with Crippen LogP contribution in [0.1, 0.15) is 35.2 Å². The topological polar surface area (TPSA) is 67.6 Å². The van der Waals surface area contributed by atoms with Crippen molar-refractivity contribution >= 4 is 11.7 Å². The SMILES string of the molecule is CN(CC1(N(C)C)CCC1)c1ccc(C(=O)O)cc1C#N. The third kappa shape index (κ3) is 2.86. The van der Waals surface area contributed by atoms with Crippen molar-refractivity contribution in [2.45, 2.75) is 24.8 Å². The molecule has 0 unspecified atom stereocenters. The Bertz CT molecular complexity index is 586. The van der Waals surface area contributed by atoms with Gasteiger partial charge in [0.1, 0.15) is 6.07 Å². The van der Waals surface area contributed by atoms with Crippen molar-refractivity contribution in [3.8, 4) is 6.07 Å². The lowest BCUT2D eigenvalue weighted by Crippen LogP contribution is -2.56. The molecule has 0 heterocycles. The fourth-order valence-corrected chi connectivity index (χ4v) is 2.95. The average Bonchev–Trinajstić information content (AvgIpc) is 2.41. The highest BCUT2D eigenvalue weighted by Gasteiger charge is 2.40. The van der Waals surface area contributed by atoms with Gasteiger partial charge < -0.3 is 14.9 Å². The molecular formula is C16H21N3O2. The van der Waals surface area contributed by atoms with Gasteiger partial charge in [0.2, 0.25) is 0 Å². The van der Waals surface area contributed by atoms with Gasteiger partial charge in [-0.2, -0.15) is 5.26 Å². The van der Waals surface area contributed by atoms with Gasteiger partial charge in [-0.1, -0.05) is 0 Å². The maximum atomic E-state index is 11.0. The van der Waals surface area contributed by atoms with Crippen molar-refractivity contribution in [2.75, 3.05) is 32.6 Å². The molecular weight excluding hydrogens is 266 g/mol. The van der Waals surface area contributed by atoms with E-state index in [1.54, 1.807) is 12.1 Å². The Labute approximate surface area is 125 Å². The van der Waals surface area contributed by atoms with E-state index < -0.39 is 5.97 Å². The highest BCUT2D eigenvalue weighted by molar-refractivity contribution is 5.89. The first kappa shape index (κ1) is 15.3. The van der Waals surface area contributed by atoms with Gasteiger partial charge in [0.15, 0.2) is 0 Å². The molecule has 1 fully saturated rings. The van der Waals surface area contributed by atoms with E-state index in [0.717, 1.165) is 25.1 Å². The van der Waals surface area contributed by atoms with Crippen LogP contribution in [-0.2, 0) is 0 Å². The van der Waals surface area contributed by atoms with Gasteiger partial charge in [0.05, 0.1) is 16.8 Å². The van der Waals surface area contributed by atoms with Crippen molar-refractivity contribution in [1.82, 2.24) is 4.90 Å². The number of rotatable bonds is 5. The van der Waals surface area contributed by atoms with E-state index in [9.17, 15) is 10.1 Å². The lowest BCUT2D eigenvalue weighted by atomic mass is 9.75. The Morgan fingerprint density at radius 3 is 2.48 bits per heavy atom. The van der Waals surface area contributed by atoms with Crippen molar-refractivity contribution in [1.29, 1.82) is 5.26 Å². The van der Waals surface area contributed by atoms with E-state index in [1.165, 1.54) is 12.5 Å². The summed E-state index contributed by atoms with van der Waals surface area (Å²) < 4.78 is 0. The van der Waals surface area contributed by atoms with Crippen LogP contribution in [0.15, 0.2) is 18.2 Å². The number of benzene rings is 1. The van der Waals surface area contributed by atoms with Crippen LogP contribution in [0.5, 0.6) is 0 Å². The molecule has 0 aromatic heterocycles. The second kappa shape index (κ2) is 5.74. The molecule has 5 nitrogen and oxygen atoms in total. The summed E-state index contributed by atoms with van der Waals surface area (Å²) in [4.78, 5) is 15.3. The first-order chi connectivity index (χ1) is 9.89. The zero-order valence-corrected chi connectivity index (χ0v) is 12.8. The van der Waals surface area contributed by atoms with Crippen LogP contribution in [-0.4, -0.2) is 49.2 Å². The summed E-state index contributed by atoms with van der Waals surface area (Å²) in [5.74, 6) is -1.01. The number of likely N-dealkylation sites (N-methyl/N-ethyl adjacent to an activating group) is 2. The van der Waals surface area contributed by atoms with Gasteiger partial charge in [-0.15, -0.1) is 0 Å².